The maximum atomic E-state index is 12.2. The summed E-state index contributed by atoms with van der Waals surface area (Å²) in [5.74, 6) is 0.638. The molecule has 1 atom stereocenters. The monoisotopic (exact) mass is 249 g/mol. The summed E-state index contributed by atoms with van der Waals surface area (Å²) in [6, 6.07) is 0. The van der Waals surface area contributed by atoms with Gasteiger partial charge in [0.15, 0.2) is 0 Å². The number of ketones is 2. The van der Waals surface area contributed by atoms with Crippen LogP contribution < -0.4 is 0 Å². The van der Waals surface area contributed by atoms with Crippen molar-refractivity contribution >= 4 is 17.3 Å². The molecule has 1 aliphatic carbocycles. The Balaban J connectivity index is 2.11. The molecule has 0 saturated heterocycles. The van der Waals surface area contributed by atoms with Gasteiger partial charge in [-0.1, -0.05) is 26.7 Å². The molecule has 1 heterocycles. The van der Waals surface area contributed by atoms with Crippen molar-refractivity contribution in [2.75, 3.05) is 6.54 Å². The van der Waals surface area contributed by atoms with E-state index >= 15 is 0 Å². The second-order valence-corrected chi connectivity index (χ2v) is 5.69. The Bertz CT molecular complexity index is 355. The summed E-state index contributed by atoms with van der Waals surface area (Å²) in [5, 5.41) is 0. The number of rotatable bonds is 3. The number of hydrogen-bond donors (Lipinski definition) is 0. The summed E-state index contributed by atoms with van der Waals surface area (Å²) in [5.41, 5.74) is 0.887. The zero-order valence-corrected chi connectivity index (χ0v) is 11.4. The lowest BCUT2D eigenvalue weighted by molar-refractivity contribution is -0.134. The van der Waals surface area contributed by atoms with E-state index < -0.39 is 5.92 Å². The van der Waals surface area contributed by atoms with Crippen molar-refractivity contribution in [1.82, 2.24) is 0 Å². The van der Waals surface area contributed by atoms with E-state index in [4.69, 9.17) is 0 Å². The molecule has 0 bridgehead atoms. The van der Waals surface area contributed by atoms with Gasteiger partial charge in [-0.3, -0.25) is 14.6 Å². The van der Waals surface area contributed by atoms with Crippen molar-refractivity contribution in [3.05, 3.63) is 0 Å². The van der Waals surface area contributed by atoms with E-state index in [9.17, 15) is 9.59 Å². The summed E-state index contributed by atoms with van der Waals surface area (Å²) < 4.78 is 0. The van der Waals surface area contributed by atoms with Gasteiger partial charge in [0.1, 0.15) is 17.5 Å². The van der Waals surface area contributed by atoms with Crippen LogP contribution in [-0.4, -0.2) is 23.8 Å². The van der Waals surface area contributed by atoms with E-state index in [1.807, 2.05) is 0 Å². The van der Waals surface area contributed by atoms with Crippen LogP contribution in [0.25, 0.3) is 0 Å². The van der Waals surface area contributed by atoms with E-state index in [-0.39, 0.29) is 17.5 Å². The van der Waals surface area contributed by atoms with E-state index in [0.29, 0.717) is 18.8 Å². The summed E-state index contributed by atoms with van der Waals surface area (Å²) in [6.07, 6.45) is 5.15. The minimum atomic E-state index is -0.484. The first-order valence-corrected chi connectivity index (χ1v) is 7.24. The van der Waals surface area contributed by atoms with Crippen LogP contribution in [0.15, 0.2) is 4.99 Å². The van der Waals surface area contributed by atoms with Crippen LogP contribution in [0.1, 0.15) is 52.4 Å². The quantitative estimate of drug-likeness (QED) is 0.722. The normalized spacial score (nSPS) is 33.4. The number of nitrogens with zero attached hydrogens (tertiary/aromatic N) is 1. The van der Waals surface area contributed by atoms with Crippen molar-refractivity contribution in [3.63, 3.8) is 0 Å². The highest BCUT2D eigenvalue weighted by Gasteiger charge is 2.38. The summed E-state index contributed by atoms with van der Waals surface area (Å²) in [6.45, 7) is 5.02. The van der Waals surface area contributed by atoms with E-state index in [0.717, 1.165) is 37.9 Å². The molecule has 0 radical (unpaired) electrons. The molecule has 3 nitrogen and oxygen atoms in total. The Morgan fingerprint density at radius 3 is 2.17 bits per heavy atom. The van der Waals surface area contributed by atoms with E-state index in [1.165, 1.54) is 0 Å². The first-order chi connectivity index (χ1) is 8.65. The molecule has 2 rings (SSSR count). The van der Waals surface area contributed by atoms with Gasteiger partial charge < -0.3 is 0 Å². The first-order valence-electron chi connectivity index (χ1n) is 7.24. The van der Waals surface area contributed by atoms with Crippen LogP contribution in [0.2, 0.25) is 0 Å². The Labute approximate surface area is 109 Å². The molecule has 2 aliphatic rings. The third-order valence-corrected chi connectivity index (χ3v) is 4.46. The van der Waals surface area contributed by atoms with Gasteiger partial charge in [-0.15, -0.1) is 0 Å². The van der Waals surface area contributed by atoms with Gasteiger partial charge in [0.25, 0.3) is 0 Å². The molecular weight excluding hydrogens is 226 g/mol. The number of Topliss-reactive ketones (excluding diaryl/α,β-unsaturated/α-hetero) is 2. The van der Waals surface area contributed by atoms with Crippen LogP contribution in [0.3, 0.4) is 0 Å². The van der Waals surface area contributed by atoms with Gasteiger partial charge in [0, 0.05) is 25.1 Å². The standard InChI is InChI=1S/C15H23NO2/c1-3-10-5-6-16-12(7-10)15-13(17)8-11(4-2)9-14(15)18/h10-11,15H,3-9H2,1-2H3. The van der Waals surface area contributed by atoms with E-state index in [2.05, 4.69) is 18.8 Å². The van der Waals surface area contributed by atoms with Crippen molar-refractivity contribution in [2.24, 2.45) is 22.7 Å². The minimum absolute atomic E-state index is 0.119. The predicted molar refractivity (Wildman–Crippen MR) is 71.8 cm³/mol. The lowest BCUT2D eigenvalue weighted by atomic mass is 9.74. The molecule has 18 heavy (non-hydrogen) atoms. The molecule has 0 aromatic carbocycles. The molecule has 3 heteroatoms. The van der Waals surface area contributed by atoms with Crippen molar-refractivity contribution in [3.8, 4) is 0 Å². The second-order valence-electron chi connectivity index (χ2n) is 5.69. The highest BCUT2D eigenvalue weighted by molar-refractivity contribution is 6.22. The fourth-order valence-electron chi connectivity index (χ4n) is 3.13. The largest absolute Gasteiger partial charge is 0.298 e. The van der Waals surface area contributed by atoms with Crippen LogP contribution in [0.5, 0.6) is 0 Å². The fraction of sp³-hybridized carbons (Fsp3) is 0.800. The lowest BCUT2D eigenvalue weighted by Gasteiger charge is -2.30. The number of carbonyl (C=O) groups excluding carboxylic acids is 2. The van der Waals surface area contributed by atoms with Crippen LogP contribution >= 0.6 is 0 Å². The van der Waals surface area contributed by atoms with Crippen LogP contribution in [-0.2, 0) is 9.59 Å². The van der Waals surface area contributed by atoms with Crippen LogP contribution in [0, 0.1) is 17.8 Å². The SMILES string of the molecule is CCC1CC(=O)C(C2=NCCC(CC)C2)C(=O)C1. The molecule has 0 N–H and O–H groups in total. The fourth-order valence-corrected chi connectivity index (χ4v) is 3.13. The van der Waals surface area contributed by atoms with Crippen LogP contribution in [0.4, 0.5) is 0 Å². The van der Waals surface area contributed by atoms with Gasteiger partial charge >= 0.3 is 0 Å². The predicted octanol–water partition coefficient (Wildman–Crippen LogP) is 2.82. The van der Waals surface area contributed by atoms with Gasteiger partial charge in [0.2, 0.25) is 0 Å². The number of carbonyl (C=O) groups is 2. The zero-order chi connectivity index (χ0) is 13.1. The molecule has 1 aliphatic heterocycles. The Morgan fingerprint density at radius 2 is 1.61 bits per heavy atom. The van der Waals surface area contributed by atoms with Gasteiger partial charge in [-0.2, -0.15) is 0 Å². The molecule has 0 aromatic heterocycles. The molecule has 100 valence electrons. The maximum absolute atomic E-state index is 12.2. The third-order valence-electron chi connectivity index (χ3n) is 4.46. The minimum Gasteiger partial charge on any atom is -0.298 e. The second kappa shape index (κ2) is 5.77. The molecule has 0 aromatic rings. The molecule has 0 spiro atoms. The Morgan fingerprint density at radius 1 is 1.00 bits per heavy atom. The molecule has 0 amide bonds. The summed E-state index contributed by atoms with van der Waals surface area (Å²) in [4.78, 5) is 28.8. The third kappa shape index (κ3) is 2.70. The highest BCUT2D eigenvalue weighted by Crippen LogP contribution is 2.30. The average molecular weight is 249 g/mol. The van der Waals surface area contributed by atoms with E-state index in [1.54, 1.807) is 0 Å². The Hall–Kier alpha value is -0.990. The number of hydrogen-bond acceptors (Lipinski definition) is 3. The number of aliphatic imine (C=N–C) groups is 1. The van der Waals surface area contributed by atoms with Crippen molar-refractivity contribution < 1.29 is 9.59 Å². The average Bonchev–Trinajstić information content (AvgIpc) is 2.38. The summed E-state index contributed by atoms with van der Waals surface area (Å²) in [7, 11) is 0. The van der Waals surface area contributed by atoms with Crippen molar-refractivity contribution in [1.29, 1.82) is 0 Å². The smallest absolute Gasteiger partial charge is 0.149 e. The van der Waals surface area contributed by atoms with Gasteiger partial charge in [-0.25, -0.2) is 0 Å². The Kier molecular flexibility index (Phi) is 4.31. The summed E-state index contributed by atoms with van der Waals surface area (Å²) >= 11 is 0. The lowest BCUT2D eigenvalue weighted by Crippen LogP contribution is -2.40. The molecular formula is C15H23NO2. The maximum Gasteiger partial charge on any atom is 0.149 e. The topological polar surface area (TPSA) is 46.5 Å². The zero-order valence-electron chi connectivity index (χ0n) is 11.4. The van der Waals surface area contributed by atoms with Crippen molar-refractivity contribution in [2.45, 2.75) is 52.4 Å². The van der Waals surface area contributed by atoms with Gasteiger partial charge in [-0.05, 0) is 24.7 Å². The first kappa shape index (κ1) is 13.4. The highest BCUT2D eigenvalue weighted by atomic mass is 16.2. The van der Waals surface area contributed by atoms with Gasteiger partial charge in [0.05, 0.1) is 0 Å². The molecule has 1 fully saturated rings. The molecule has 1 saturated carbocycles. The molecule has 1 unspecified atom stereocenters.